The lowest BCUT2D eigenvalue weighted by atomic mass is 10.3. The minimum atomic E-state index is -1.04. The molecule has 0 aliphatic carbocycles. The van der Waals surface area contributed by atoms with Crippen molar-refractivity contribution in [2.45, 2.75) is 6.23 Å². The van der Waals surface area contributed by atoms with Crippen molar-refractivity contribution in [3.8, 4) is 5.75 Å². The quantitative estimate of drug-likeness (QED) is 0.461. The number of likely N-dealkylation sites (N-methyl/N-ethyl adjacent to an activating group) is 1. The average molecular weight is 210 g/mol. The molecule has 0 aromatic heterocycles. The van der Waals surface area contributed by atoms with Crippen molar-refractivity contribution in [1.82, 2.24) is 10.8 Å². The minimum Gasteiger partial charge on any atom is -0.466 e. The van der Waals surface area contributed by atoms with Crippen LogP contribution in [0.5, 0.6) is 5.75 Å². The van der Waals surface area contributed by atoms with Crippen molar-refractivity contribution >= 4 is 5.78 Å². The largest absolute Gasteiger partial charge is 0.466 e. The van der Waals surface area contributed by atoms with Crippen molar-refractivity contribution in [1.29, 1.82) is 0 Å². The fourth-order valence-electron chi connectivity index (χ4n) is 1.07. The molecule has 0 spiro atoms. The first-order chi connectivity index (χ1) is 7.27. The van der Waals surface area contributed by atoms with Gasteiger partial charge < -0.3 is 15.3 Å². The second-order valence-corrected chi connectivity index (χ2v) is 2.94. The smallest absolute Gasteiger partial charge is 0.231 e. The molecular formula is C10H14N2O3. The van der Waals surface area contributed by atoms with E-state index in [1.807, 2.05) is 11.5 Å². The fraction of sp³-hybridized carbons (Fsp3) is 0.300. The van der Waals surface area contributed by atoms with Crippen LogP contribution in [0.2, 0.25) is 0 Å². The van der Waals surface area contributed by atoms with Gasteiger partial charge in [0, 0.05) is 0 Å². The number of rotatable bonds is 6. The molecule has 0 radical (unpaired) electrons. The van der Waals surface area contributed by atoms with E-state index in [9.17, 15) is 4.79 Å². The van der Waals surface area contributed by atoms with E-state index in [0.717, 1.165) is 0 Å². The summed E-state index contributed by atoms with van der Waals surface area (Å²) in [5, 5.41) is 11.4. The number of hydroxylamine groups is 1. The van der Waals surface area contributed by atoms with Crippen LogP contribution in [0.1, 0.15) is 0 Å². The third-order valence-corrected chi connectivity index (χ3v) is 1.76. The summed E-state index contributed by atoms with van der Waals surface area (Å²) in [4.78, 5) is 11.4. The van der Waals surface area contributed by atoms with Gasteiger partial charge >= 0.3 is 0 Å². The van der Waals surface area contributed by atoms with Gasteiger partial charge in [-0.05, 0) is 19.2 Å². The molecule has 0 amide bonds. The molecule has 0 bridgehead atoms. The Morgan fingerprint density at radius 3 is 2.67 bits per heavy atom. The lowest BCUT2D eigenvalue weighted by Gasteiger charge is -2.15. The van der Waals surface area contributed by atoms with Crippen LogP contribution >= 0.6 is 0 Å². The van der Waals surface area contributed by atoms with Gasteiger partial charge in [-0.15, -0.1) is 0 Å². The molecule has 1 unspecified atom stereocenters. The van der Waals surface area contributed by atoms with Gasteiger partial charge in [0.15, 0.2) is 0 Å². The topological polar surface area (TPSA) is 70.6 Å². The van der Waals surface area contributed by atoms with E-state index < -0.39 is 6.23 Å². The molecule has 1 rings (SSSR count). The summed E-state index contributed by atoms with van der Waals surface area (Å²) in [7, 11) is 1.65. The first kappa shape index (κ1) is 11.6. The second-order valence-electron chi connectivity index (χ2n) is 2.94. The molecule has 5 heteroatoms. The van der Waals surface area contributed by atoms with Gasteiger partial charge in [0.1, 0.15) is 5.75 Å². The summed E-state index contributed by atoms with van der Waals surface area (Å²) in [5.74, 6) is 0.248. The Hall–Kier alpha value is -1.43. The third-order valence-electron chi connectivity index (χ3n) is 1.76. The number of carbonyl (C=O) groups is 1. The predicted octanol–water partition coefficient (Wildman–Crippen LogP) is 0.159. The van der Waals surface area contributed by atoms with Gasteiger partial charge in [-0.25, -0.2) is 0 Å². The van der Waals surface area contributed by atoms with Crippen LogP contribution in [0.4, 0.5) is 0 Å². The molecule has 1 aromatic rings. The number of ketones is 1. The van der Waals surface area contributed by atoms with Crippen LogP contribution < -0.4 is 15.5 Å². The number of benzene rings is 1. The van der Waals surface area contributed by atoms with Crippen molar-refractivity contribution < 1.29 is 14.7 Å². The maximum Gasteiger partial charge on any atom is 0.231 e. The van der Waals surface area contributed by atoms with Crippen molar-refractivity contribution in [2.75, 3.05) is 13.6 Å². The Kier molecular flexibility index (Phi) is 4.76. The highest BCUT2D eigenvalue weighted by Crippen LogP contribution is 2.09. The molecule has 0 saturated heterocycles. The zero-order valence-electron chi connectivity index (χ0n) is 8.43. The molecule has 1 aromatic carbocycles. The van der Waals surface area contributed by atoms with E-state index in [0.29, 0.717) is 5.75 Å². The van der Waals surface area contributed by atoms with Gasteiger partial charge in [-0.2, -0.15) is 5.48 Å². The molecule has 0 aliphatic rings. The lowest BCUT2D eigenvalue weighted by molar-refractivity contribution is -0.131. The number of hydrogen-bond donors (Lipinski definition) is 3. The first-order valence-electron chi connectivity index (χ1n) is 4.56. The first-order valence-corrected chi connectivity index (χ1v) is 4.56. The summed E-state index contributed by atoms with van der Waals surface area (Å²) in [6, 6.07) is 8.82. The normalized spacial score (nSPS) is 12.1. The number of carbonyl (C=O) groups excluding carboxylic acids is 1. The Bertz CT molecular complexity index is 303. The summed E-state index contributed by atoms with van der Waals surface area (Å²) in [5.41, 5.74) is 1.82. The van der Waals surface area contributed by atoms with E-state index in [4.69, 9.17) is 9.94 Å². The SMILES string of the molecule is CNCC(=O)C(NO)Oc1ccccc1. The number of nitrogens with one attached hydrogen (secondary N) is 2. The molecule has 0 fully saturated rings. The van der Waals surface area contributed by atoms with E-state index in [-0.39, 0.29) is 12.3 Å². The number of hydrogen-bond acceptors (Lipinski definition) is 5. The maximum atomic E-state index is 11.4. The number of ether oxygens (including phenoxy) is 1. The molecular weight excluding hydrogens is 196 g/mol. The minimum absolute atomic E-state index is 0.130. The van der Waals surface area contributed by atoms with Crippen LogP contribution in [0.3, 0.4) is 0 Å². The van der Waals surface area contributed by atoms with Crippen molar-refractivity contribution in [3.05, 3.63) is 30.3 Å². The molecule has 3 N–H and O–H groups in total. The summed E-state index contributed by atoms with van der Waals surface area (Å²) in [6.07, 6.45) is -1.04. The molecule has 82 valence electrons. The summed E-state index contributed by atoms with van der Waals surface area (Å²) in [6.45, 7) is 0.130. The average Bonchev–Trinajstić information content (AvgIpc) is 2.27. The van der Waals surface area contributed by atoms with Crippen LogP contribution in [-0.2, 0) is 4.79 Å². The van der Waals surface area contributed by atoms with Gasteiger partial charge in [0.2, 0.25) is 12.0 Å². The highest BCUT2D eigenvalue weighted by molar-refractivity contribution is 5.84. The molecule has 0 heterocycles. The van der Waals surface area contributed by atoms with Gasteiger partial charge in [0.25, 0.3) is 0 Å². The standard InChI is InChI=1S/C10H14N2O3/c1-11-7-9(13)10(12-14)15-8-5-3-2-4-6-8/h2-6,10-12,14H,7H2,1H3. The zero-order valence-corrected chi connectivity index (χ0v) is 8.43. The molecule has 15 heavy (non-hydrogen) atoms. The molecule has 0 aliphatic heterocycles. The van der Waals surface area contributed by atoms with E-state index in [1.165, 1.54) is 0 Å². The van der Waals surface area contributed by atoms with Crippen molar-refractivity contribution in [3.63, 3.8) is 0 Å². The monoisotopic (exact) mass is 210 g/mol. The molecule has 0 saturated carbocycles. The van der Waals surface area contributed by atoms with E-state index in [2.05, 4.69) is 5.32 Å². The number of Topliss-reactive ketones (excluding diaryl/α,β-unsaturated/α-hetero) is 1. The second kappa shape index (κ2) is 6.13. The Balaban J connectivity index is 2.58. The van der Waals surface area contributed by atoms with Gasteiger partial charge in [-0.3, -0.25) is 4.79 Å². The number of para-hydroxylation sites is 1. The van der Waals surface area contributed by atoms with Crippen LogP contribution in [-0.4, -0.2) is 30.8 Å². The Morgan fingerprint density at radius 1 is 1.47 bits per heavy atom. The van der Waals surface area contributed by atoms with Gasteiger partial charge in [0.05, 0.1) is 6.54 Å². The Labute approximate surface area is 88.0 Å². The predicted molar refractivity (Wildman–Crippen MR) is 54.7 cm³/mol. The zero-order chi connectivity index (χ0) is 11.1. The van der Waals surface area contributed by atoms with Crippen molar-refractivity contribution in [2.24, 2.45) is 0 Å². The summed E-state index contributed by atoms with van der Waals surface area (Å²) < 4.78 is 5.23. The van der Waals surface area contributed by atoms with E-state index >= 15 is 0 Å². The molecule has 1 atom stereocenters. The maximum absolute atomic E-state index is 11.4. The lowest BCUT2D eigenvalue weighted by Crippen LogP contribution is -2.43. The van der Waals surface area contributed by atoms with Crippen LogP contribution in [0.15, 0.2) is 30.3 Å². The van der Waals surface area contributed by atoms with Gasteiger partial charge in [-0.1, -0.05) is 18.2 Å². The third kappa shape index (κ3) is 3.67. The molecule has 5 nitrogen and oxygen atoms in total. The van der Waals surface area contributed by atoms with Crippen LogP contribution in [0, 0.1) is 0 Å². The van der Waals surface area contributed by atoms with Crippen LogP contribution in [0.25, 0.3) is 0 Å². The fourth-order valence-corrected chi connectivity index (χ4v) is 1.07. The highest BCUT2D eigenvalue weighted by atomic mass is 16.6. The summed E-state index contributed by atoms with van der Waals surface area (Å²) >= 11 is 0. The Morgan fingerprint density at radius 2 is 2.13 bits per heavy atom. The van der Waals surface area contributed by atoms with E-state index in [1.54, 1.807) is 31.3 Å². The highest BCUT2D eigenvalue weighted by Gasteiger charge is 2.17.